The molecule has 334 valence electrons. The number of nitrogens with zero attached hydrogens (tertiary/aromatic N) is 3. The van der Waals surface area contributed by atoms with E-state index in [1.165, 1.54) is 13.8 Å². The summed E-state index contributed by atoms with van der Waals surface area (Å²) < 4.78 is 12.0. The third-order valence-electron chi connectivity index (χ3n) is 11.9. The number of fused-ring (bicyclic) bond motifs is 2. The lowest BCUT2D eigenvalue weighted by molar-refractivity contribution is -0.328. The summed E-state index contributed by atoms with van der Waals surface area (Å²) in [5, 5.41) is 44.3. The average molecular weight is 839 g/mol. The van der Waals surface area contributed by atoms with Crippen LogP contribution >= 0.6 is 0 Å². The van der Waals surface area contributed by atoms with E-state index in [1.54, 1.807) is 13.8 Å². The Bertz CT molecular complexity index is 1560. The van der Waals surface area contributed by atoms with Crippen molar-refractivity contribution < 1.29 is 58.5 Å². The van der Waals surface area contributed by atoms with Gasteiger partial charge in [-0.2, -0.15) is 0 Å². The highest BCUT2D eigenvalue weighted by atomic mass is 16.6. The van der Waals surface area contributed by atoms with Crippen LogP contribution in [0.4, 0.5) is 0 Å². The molecule has 6 amide bonds. The Labute approximate surface area is 345 Å². The van der Waals surface area contributed by atoms with E-state index in [4.69, 9.17) is 9.47 Å². The van der Waals surface area contributed by atoms with Gasteiger partial charge in [0.2, 0.25) is 17.6 Å². The number of carbonyl (C=O) groups excluding carboxylic acids is 7. The average Bonchev–Trinajstić information content (AvgIpc) is 3.21. The highest BCUT2D eigenvalue weighted by Gasteiger charge is 2.57. The van der Waals surface area contributed by atoms with Gasteiger partial charge in [0.15, 0.2) is 5.60 Å². The molecule has 4 rings (SSSR count). The third kappa shape index (κ3) is 10.9. The second kappa shape index (κ2) is 20.1. The van der Waals surface area contributed by atoms with E-state index in [0.717, 1.165) is 29.8 Å². The van der Waals surface area contributed by atoms with Crippen LogP contribution in [0.5, 0.6) is 0 Å². The van der Waals surface area contributed by atoms with E-state index in [-0.39, 0.29) is 36.8 Å². The van der Waals surface area contributed by atoms with Crippen molar-refractivity contribution in [3.8, 4) is 0 Å². The molecule has 0 unspecified atom stereocenters. The molecule has 4 fully saturated rings. The molecular formula is C39H66N8O12. The van der Waals surface area contributed by atoms with E-state index in [1.807, 2.05) is 6.92 Å². The fourth-order valence-corrected chi connectivity index (χ4v) is 8.01. The number of hydrogen-bond acceptors (Lipinski definition) is 14. The molecule has 0 aliphatic carbocycles. The highest BCUT2D eigenvalue weighted by molar-refractivity contribution is 5.97. The molecular weight excluding hydrogens is 772 g/mol. The van der Waals surface area contributed by atoms with E-state index in [2.05, 4.69) is 40.6 Å². The molecule has 0 saturated carbocycles. The monoisotopic (exact) mass is 838 g/mol. The molecule has 0 aromatic heterocycles. The summed E-state index contributed by atoms with van der Waals surface area (Å²) in [5.74, 6) is -9.26. The van der Waals surface area contributed by atoms with Crippen LogP contribution in [0.3, 0.4) is 0 Å². The van der Waals surface area contributed by atoms with Gasteiger partial charge in [-0.1, -0.05) is 41.0 Å². The molecule has 4 saturated heterocycles. The third-order valence-corrected chi connectivity index (χ3v) is 11.9. The number of ether oxygens (including phenoxy) is 2. The number of hydroxylamine groups is 2. The maximum absolute atomic E-state index is 14.8. The fraction of sp³-hybridized carbons (Fsp3) is 0.821. The van der Waals surface area contributed by atoms with Crippen molar-refractivity contribution in [3.63, 3.8) is 0 Å². The van der Waals surface area contributed by atoms with Gasteiger partial charge >= 0.3 is 5.97 Å². The van der Waals surface area contributed by atoms with Gasteiger partial charge in [0.25, 0.3) is 23.6 Å². The van der Waals surface area contributed by atoms with E-state index >= 15 is 0 Å². The quantitative estimate of drug-likeness (QED) is 0.112. The molecule has 0 spiro atoms. The zero-order chi connectivity index (χ0) is 44.0. The number of amides is 6. The molecule has 10 atom stereocenters. The molecule has 20 heteroatoms. The van der Waals surface area contributed by atoms with Crippen LogP contribution in [0.2, 0.25) is 0 Å². The van der Waals surface area contributed by atoms with Gasteiger partial charge in [-0.25, -0.2) is 20.7 Å². The minimum absolute atomic E-state index is 0.00102. The van der Waals surface area contributed by atoms with Gasteiger partial charge in [0.05, 0.1) is 12.6 Å². The molecule has 0 bridgehead atoms. The normalized spacial score (nSPS) is 33.5. The smallest absolute Gasteiger partial charge is 0.328 e. The van der Waals surface area contributed by atoms with E-state index in [9.17, 15) is 49.0 Å². The number of cyclic esters (lactones) is 1. The van der Waals surface area contributed by atoms with Crippen LogP contribution in [0, 0.1) is 17.8 Å². The molecule has 0 aromatic rings. The zero-order valence-electron chi connectivity index (χ0n) is 35.6. The van der Waals surface area contributed by atoms with Gasteiger partial charge in [-0.3, -0.25) is 44.0 Å². The summed E-state index contributed by atoms with van der Waals surface area (Å²) in [5.41, 5.74) is 3.01. The Morgan fingerprint density at radius 3 is 2.19 bits per heavy atom. The van der Waals surface area contributed by atoms with Crippen molar-refractivity contribution in [2.24, 2.45) is 17.8 Å². The first-order valence-electron chi connectivity index (χ1n) is 21.0. The number of hydrazine groups is 2. The summed E-state index contributed by atoms with van der Waals surface area (Å²) in [6, 6.07) is -7.26. The topological polar surface area (TPSA) is 269 Å². The maximum atomic E-state index is 14.8. The van der Waals surface area contributed by atoms with Crippen LogP contribution in [0.25, 0.3) is 0 Å². The first-order valence-corrected chi connectivity index (χ1v) is 21.0. The van der Waals surface area contributed by atoms with Crippen LogP contribution in [0.1, 0.15) is 113 Å². The van der Waals surface area contributed by atoms with Gasteiger partial charge < -0.3 is 35.6 Å². The lowest BCUT2D eigenvalue weighted by atomic mass is 9.79. The van der Waals surface area contributed by atoms with Crippen molar-refractivity contribution >= 4 is 41.4 Å². The Kier molecular flexibility index (Phi) is 16.2. The molecule has 0 aromatic carbocycles. The number of nitrogens with one attached hydrogen (secondary N) is 5. The zero-order valence-corrected chi connectivity index (χ0v) is 35.6. The van der Waals surface area contributed by atoms with Crippen molar-refractivity contribution in [2.75, 3.05) is 19.6 Å². The lowest BCUT2D eigenvalue weighted by Gasteiger charge is -2.48. The number of hydrogen-bond donors (Lipinski definition) is 8. The highest BCUT2D eigenvalue weighted by Crippen LogP contribution is 2.41. The predicted octanol–water partition coefficient (Wildman–Crippen LogP) is -0.648. The molecule has 4 heterocycles. The minimum atomic E-state index is -2.66. The Balaban J connectivity index is 1.73. The van der Waals surface area contributed by atoms with Crippen molar-refractivity contribution in [1.82, 2.24) is 41.9 Å². The fourth-order valence-electron chi connectivity index (χ4n) is 8.01. The van der Waals surface area contributed by atoms with Crippen molar-refractivity contribution in [1.29, 1.82) is 0 Å². The van der Waals surface area contributed by atoms with Gasteiger partial charge in [0.1, 0.15) is 36.3 Å². The predicted molar refractivity (Wildman–Crippen MR) is 209 cm³/mol. The van der Waals surface area contributed by atoms with E-state index < -0.39 is 108 Å². The Hall–Kier alpha value is -3.95. The number of rotatable bonds is 8. The van der Waals surface area contributed by atoms with Crippen molar-refractivity contribution in [2.45, 2.75) is 167 Å². The van der Waals surface area contributed by atoms with Crippen LogP contribution < -0.4 is 26.8 Å². The van der Waals surface area contributed by atoms with Gasteiger partial charge in [0, 0.05) is 19.5 Å². The maximum Gasteiger partial charge on any atom is 0.328 e. The summed E-state index contributed by atoms with van der Waals surface area (Å²) >= 11 is 0. The number of aliphatic hydroxyl groups is 2. The molecule has 4 aliphatic heterocycles. The Morgan fingerprint density at radius 2 is 1.58 bits per heavy atom. The summed E-state index contributed by atoms with van der Waals surface area (Å²) in [7, 11) is 0. The second-order valence-electron chi connectivity index (χ2n) is 17.2. The molecule has 0 radical (unpaired) electrons. The van der Waals surface area contributed by atoms with E-state index in [0.29, 0.717) is 38.1 Å². The molecule has 59 heavy (non-hydrogen) atoms. The van der Waals surface area contributed by atoms with Crippen molar-refractivity contribution in [3.05, 3.63) is 0 Å². The first kappa shape index (κ1) is 47.7. The lowest BCUT2D eigenvalue weighted by Crippen LogP contribution is -2.70. The first-order chi connectivity index (χ1) is 27.6. The molecule has 20 nitrogen and oxygen atoms in total. The number of carbonyl (C=O) groups is 7. The molecule has 8 N–H and O–H groups in total. The van der Waals surface area contributed by atoms with Crippen LogP contribution in [-0.4, -0.2) is 145 Å². The summed E-state index contributed by atoms with van der Waals surface area (Å²) in [6.45, 7) is 12.8. The van der Waals surface area contributed by atoms with Crippen LogP contribution in [-0.2, 0) is 43.0 Å². The molecule has 4 aliphatic rings. The largest absolute Gasteiger partial charge is 0.458 e. The minimum Gasteiger partial charge on any atom is -0.458 e. The SMILES string of the molecule is CC[C@@H]1O[C@](O)([C@](C)(O)C(=O)N[C@@H]2C(=O)N3NCCC[C@H]3C(=O)N(O)[C@@H](C)C(=O)NCC(=O)N3NCCC[C@H]3C(=O)N[C@H](C)C(=O)O[C@@H]2C(C)C)CC[C@H]1CCC(C)C. The van der Waals surface area contributed by atoms with Gasteiger partial charge in [-0.05, 0) is 83.5 Å². The standard InChI is InChI=1S/C39H66N8O12/c1-9-28-25(15-14-21(2)3)16-17-39(56,59-28)38(8,55)37(54)44-30-31(22(4)5)58-36(53)23(6)43-33(50)26-12-10-18-41-45(26)29(48)20-40-32(49)24(7)47(57)34(51)27-13-11-19-42-46(27)35(30)52/h21-28,30-31,41-42,55-57H,9-20H2,1-8H3,(H,40,49)(H,43,50)(H,44,54)/t23-,24+,25-,26+,27+,28+,30+,31-,38-,39+/m1/s1. The summed E-state index contributed by atoms with van der Waals surface area (Å²) in [4.78, 5) is 96.7. The Morgan fingerprint density at radius 1 is 0.949 bits per heavy atom. The van der Waals surface area contributed by atoms with Crippen LogP contribution in [0.15, 0.2) is 0 Å². The van der Waals surface area contributed by atoms with Gasteiger partial charge in [-0.15, -0.1) is 0 Å². The second-order valence-corrected chi connectivity index (χ2v) is 17.2. The number of esters is 1. The summed E-state index contributed by atoms with van der Waals surface area (Å²) in [6.07, 6.45) is 1.64.